The number of ketones is 1. The van der Waals surface area contributed by atoms with Crippen LogP contribution in [0.15, 0.2) is 23.4 Å². The topological polar surface area (TPSA) is 93.9 Å². The molecule has 0 amide bonds. The minimum Gasteiger partial charge on any atom is -0.496 e. The van der Waals surface area contributed by atoms with E-state index in [4.69, 9.17) is 21.7 Å². The predicted molar refractivity (Wildman–Crippen MR) is 98.3 cm³/mol. The van der Waals surface area contributed by atoms with Crippen molar-refractivity contribution in [2.45, 2.75) is 25.3 Å². The van der Waals surface area contributed by atoms with Crippen molar-refractivity contribution in [2.24, 2.45) is 0 Å². The number of hydrogen-bond donors (Lipinski definition) is 1. The van der Waals surface area contributed by atoms with Crippen LogP contribution in [0.25, 0.3) is 0 Å². The Morgan fingerprint density at radius 3 is 2.58 bits per heavy atom. The fourth-order valence-corrected chi connectivity index (χ4v) is 3.67. The molecule has 1 atom stereocenters. The third-order valence-corrected chi connectivity index (χ3v) is 5.13. The zero-order chi connectivity index (χ0) is 19.0. The minimum absolute atomic E-state index is 0.0126. The lowest BCUT2D eigenvalue weighted by molar-refractivity contribution is -0.385. The van der Waals surface area contributed by atoms with Gasteiger partial charge in [0.2, 0.25) is 5.75 Å². The van der Waals surface area contributed by atoms with Crippen LogP contribution < -0.4 is 14.8 Å². The monoisotopic (exact) mass is 377 g/mol. The van der Waals surface area contributed by atoms with Crippen LogP contribution in [0.4, 0.5) is 5.69 Å². The Morgan fingerprint density at radius 1 is 1.27 bits per heavy atom. The van der Waals surface area contributed by atoms with E-state index in [0.717, 1.165) is 18.5 Å². The van der Waals surface area contributed by atoms with Gasteiger partial charge in [0.05, 0.1) is 25.2 Å². The second-order valence-corrected chi connectivity index (χ2v) is 6.49. The number of nitrogens with one attached hydrogen (secondary N) is 1. The van der Waals surface area contributed by atoms with Gasteiger partial charge in [-0.25, -0.2) is 0 Å². The summed E-state index contributed by atoms with van der Waals surface area (Å²) >= 11 is 5.39. The molecule has 1 aliphatic heterocycles. The average Bonchev–Trinajstić information content (AvgIpc) is 2.63. The van der Waals surface area contributed by atoms with E-state index in [1.165, 1.54) is 26.4 Å². The van der Waals surface area contributed by atoms with E-state index in [0.29, 0.717) is 28.4 Å². The molecule has 9 heteroatoms. The van der Waals surface area contributed by atoms with E-state index < -0.39 is 11.0 Å². The molecule has 0 radical (unpaired) electrons. The first-order chi connectivity index (χ1) is 12.4. The molecule has 138 valence electrons. The largest absolute Gasteiger partial charge is 0.496 e. The molecule has 8 nitrogen and oxygen atoms in total. The molecule has 1 aliphatic carbocycles. The molecule has 1 aromatic carbocycles. The molecule has 0 saturated heterocycles. The first kappa shape index (κ1) is 18.1. The summed E-state index contributed by atoms with van der Waals surface area (Å²) in [5, 5.41) is 15.0. The number of thiocarbonyl (C=S) groups is 1. The normalized spacial score (nSPS) is 19.8. The maximum Gasteiger partial charge on any atom is 0.311 e. The van der Waals surface area contributed by atoms with Crippen molar-refractivity contribution in [1.29, 1.82) is 0 Å². The zero-order valence-corrected chi connectivity index (χ0v) is 15.5. The number of hydrogen-bond acceptors (Lipinski definition) is 6. The summed E-state index contributed by atoms with van der Waals surface area (Å²) in [5.41, 5.74) is 1.74. The number of carbonyl (C=O) groups excluding carboxylic acids is 1. The molecular formula is C17H19N3O5S. The molecule has 26 heavy (non-hydrogen) atoms. The standard InChI is InChI=1S/C17H19N3O5S/c1-19-10-5-4-6-12(21)15(10)16(18-17(19)26)9-7-11(20(22)23)14(25-3)8-13(9)24-2/h7-8,16H,4-6H2,1-3H3,(H,18,26). The third-order valence-electron chi connectivity index (χ3n) is 4.73. The van der Waals surface area contributed by atoms with Crippen LogP contribution in [0.2, 0.25) is 0 Å². The Kier molecular flexibility index (Phi) is 4.82. The van der Waals surface area contributed by atoms with Gasteiger partial charge >= 0.3 is 5.69 Å². The Labute approximate surface area is 155 Å². The maximum absolute atomic E-state index is 12.6. The molecular weight excluding hydrogens is 358 g/mol. The van der Waals surface area contributed by atoms with Gasteiger partial charge in [0, 0.05) is 42.4 Å². The quantitative estimate of drug-likeness (QED) is 0.486. The highest BCUT2D eigenvalue weighted by Gasteiger charge is 2.38. The predicted octanol–water partition coefficient (Wildman–Crippen LogP) is 2.48. The second kappa shape index (κ2) is 6.91. The number of nitro groups is 1. The molecule has 0 fully saturated rings. The summed E-state index contributed by atoms with van der Waals surface area (Å²) in [4.78, 5) is 25.3. The van der Waals surface area contributed by atoms with Crippen LogP contribution in [-0.2, 0) is 4.79 Å². The molecule has 1 aromatic rings. The van der Waals surface area contributed by atoms with Crippen molar-refractivity contribution < 1.29 is 19.2 Å². The number of methoxy groups -OCH3 is 2. The fourth-order valence-electron chi connectivity index (χ4n) is 3.45. The van der Waals surface area contributed by atoms with Gasteiger partial charge in [0.1, 0.15) is 5.75 Å². The Balaban J connectivity index is 2.22. The number of nitrogens with zero attached hydrogens (tertiary/aromatic N) is 2. The fraction of sp³-hybridized carbons (Fsp3) is 0.412. The van der Waals surface area contributed by atoms with Crippen LogP contribution in [-0.4, -0.2) is 42.0 Å². The summed E-state index contributed by atoms with van der Waals surface area (Å²) in [7, 11) is 4.64. The van der Waals surface area contributed by atoms with E-state index in [1.807, 2.05) is 7.05 Å². The van der Waals surface area contributed by atoms with Crippen molar-refractivity contribution >= 4 is 28.8 Å². The van der Waals surface area contributed by atoms with Gasteiger partial charge < -0.3 is 19.7 Å². The highest BCUT2D eigenvalue weighted by atomic mass is 32.1. The van der Waals surface area contributed by atoms with Crippen LogP contribution in [0, 0.1) is 10.1 Å². The molecule has 1 unspecified atom stereocenters. The van der Waals surface area contributed by atoms with Crippen LogP contribution >= 0.6 is 12.2 Å². The Hall–Kier alpha value is -2.68. The van der Waals surface area contributed by atoms with Crippen LogP contribution in [0.1, 0.15) is 30.9 Å². The van der Waals surface area contributed by atoms with E-state index in [-0.39, 0.29) is 17.2 Å². The van der Waals surface area contributed by atoms with E-state index in [2.05, 4.69) is 5.32 Å². The number of Topliss-reactive ketones (excluding diaryl/α,β-unsaturated/α-hetero) is 1. The van der Waals surface area contributed by atoms with Crippen LogP contribution in [0.5, 0.6) is 11.5 Å². The lowest BCUT2D eigenvalue weighted by Gasteiger charge is -2.39. The molecule has 1 N–H and O–H groups in total. The molecule has 3 rings (SSSR count). The first-order valence-corrected chi connectivity index (χ1v) is 8.50. The van der Waals surface area contributed by atoms with E-state index >= 15 is 0 Å². The van der Waals surface area contributed by atoms with E-state index in [1.54, 1.807) is 4.90 Å². The summed E-state index contributed by atoms with van der Waals surface area (Å²) < 4.78 is 10.5. The first-order valence-electron chi connectivity index (χ1n) is 8.09. The Bertz CT molecular complexity index is 836. The zero-order valence-electron chi connectivity index (χ0n) is 14.7. The highest BCUT2D eigenvalue weighted by Crippen LogP contribution is 2.43. The smallest absolute Gasteiger partial charge is 0.311 e. The van der Waals surface area contributed by atoms with Crippen LogP contribution in [0.3, 0.4) is 0 Å². The van der Waals surface area contributed by atoms with Crippen molar-refractivity contribution in [2.75, 3.05) is 21.3 Å². The van der Waals surface area contributed by atoms with Gasteiger partial charge in [-0.1, -0.05) is 0 Å². The van der Waals surface area contributed by atoms with Gasteiger partial charge in [-0.05, 0) is 25.1 Å². The average molecular weight is 377 g/mol. The lowest BCUT2D eigenvalue weighted by atomic mass is 9.84. The number of allylic oxidation sites excluding steroid dienone is 1. The summed E-state index contributed by atoms with van der Waals surface area (Å²) in [5.74, 6) is 0.497. The molecule has 0 saturated carbocycles. The lowest BCUT2D eigenvalue weighted by Crippen LogP contribution is -2.47. The van der Waals surface area contributed by atoms with E-state index in [9.17, 15) is 14.9 Å². The number of ether oxygens (including phenoxy) is 2. The molecule has 1 heterocycles. The van der Waals surface area contributed by atoms with Gasteiger partial charge in [-0.3, -0.25) is 14.9 Å². The van der Waals surface area contributed by atoms with Gasteiger partial charge in [0.25, 0.3) is 0 Å². The van der Waals surface area contributed by atoms with Crippen molar-refractivity contribution in [3.63, 3.8) is 0 Å². The van der Waals surface area contributed by atoms with Crippen molar-refractivity contribution in [3.8, 4) is 11.5 Å². The van der Waals surface area contributed by atoms with Crippen molar-refractivity contribution in [1.82, 2.24) is 10.2 Å². The second-order valence-electron chi connectivity index (χ2n) is 6.10. The number of nitro benzene ring substituents is 1. The molecule has 2 aliphatic rings. The van der Waals surface area contributed by atoms with Gasteiger partial charge in [-0.15, -0.1) is 0 Å². The van der Waals surface area contributed by atoms with Crippen molar-refractivity contribution in [3.05, 3.63) is 39.1 Å². The summed E-state index contributed by atoms with van der Waals surface area (Å²) in [6, 6.07) is 2.25. The SMILES string of the molecule is COc1cc(OC)c([N+](=O)[O-])cc1C1NC(=S)N(C)C2=C1C(=O)CCC2. The Morgan fingerprint density at radius 2 is 1.96 bits per heavy atom. The molecule has 0 bridgehead atoms. The number of benzene rings is 1. The maximum atomic E-state index is 12.6. The van der Waals surface area contributed by atoms with Gasteiger partial charge in [-0.2, -0.15) is 0 Å². The molecule has 0 spiro atoms. The highest BCUT2D eigenvalue weighted by molar-refractivity contribution is 7.80. The summed E-state index contributed by atoms with van der Waals surface area (Å²) in [6.07, 6.45) is 1.94. The minimum atomic E-state index is -0.596. The third kappa shape index (κ3) is 2.88. The van der Waals surface area contributed by atoms with Gasteiger partial charge in [0.15, 0.2) is 10.9 Å². The number of rotatable bonds is 4. The molecule has 0 aromatic heterocycles. The number of carbonyl (C=O) groups is 1. The summed E-state index contributed by atoms with van der Waals surface area (Å²) in [6.45, 7) is 0.